The first-order chi connectivity index (χ1) is 10.8. The molecule has 3 rings (SSSR count). The van der Waals surface area contributed by atoms with Crippen molar-refractivity contribution in [3.63, 3.8) is 0 Å². The number of aryl methyl sites for hydroxylation is 2. The number of benzene rings is 1. The zero-order chi connectivity index (χ0) is 15.2. The van der Waals surface area contributed by atoms with Crippen molar-refractivity contribution in [2.75, 3.05) is 18.5 Å². The van der Waals surface area contributed by atoms with E-state index in [9.17, 15) is 0 Å². The third-order valence-electron chi connectivity index (χ3n) is 4.61. The number of hydrogen-bond acceptors (Lipinski definition) is 2. The first-order valence-electron chi connectivity index (χ1n) is 8.61. The van der Waals surface area contributed by atoms with Crippen LogP contribution in [0.2, 0.25) is 0 Å². The van der Waals surface area contributed by atoms with E-state index in [0.29, 0.717) is 12.1 Å². The van der Waals surface area contributed by atoms with Gasteiger partial charge >= 0.3 is 0 Å². The van der Waals surface area contributed by atoms with Gasteiger partial charge in [0.2, 0.25) is 0 Å². The first kappa shape index (κ1) is 18.5. The van der Waals surface area contributed by atoms with Crippen molar-refractivity contribution in [2.24, 2.45) is 10.7 Å². The highest BCUT2D eigenvalue weighted by molar-refractivity contribution is 14.0. The minimum absolute atomic E-state index is 0. The number of nitrogens with one attached hydrogen (secondary N) is 1. The van der Waals surface area contributed by atoms with Crippen LogP contribution in [0.25, 0.3) is 0 Å². The Labute approximate surface area is 156 Å². The van der Waals surface area contributed by atoms with Crippen LogP contribution in [0.5, 0.6) is 0 Å². The number of hydrogen-bond donors (Lipinski definition) is 2. The Morgan fingerprint density at radius 3 is 2.78 bits per heavy atom. The molecule has 0 radical (unpaired) electrons. The van der Waals surface area contributed by atoms with E-state index in [-0.39, 0.29) is 24.0 Å². The number of anilines is 1. The van der Waals surface area contributed by atoms with Crippen LogP contribution in [0, 0.1) is 0 Å². The van der Waals surface area contributed by atoms with E-state index in [1.807, 2.05) is 0 Å². The van der Waals surface area contributed by atoms with Crippen LogP contribution in [0.4, 0.5) is 5.69 Å². The van der Waals surface area contributed by atoms with E-state index in [1.165, 1.54) is 56.1 Å². The number of fused-ring (bicyclic) bond motifs is 1. The fourth-order valence-electron chi connectivity index (χ4n) is 3.41. The summed E-state index contributed by atoms with van der Waals surface area (Å²) in [5, 5.41) is 3.19. The van der Waals surface area contributed by atoms with E-state index in [2.05, 4.69) is 28.5 Å². The van der Waals surface area contributed by atoms with Crippen molar-refractivity contribution in [3.8, 4) is 0 Å². The van der Waals surface area contributed by atoms with Gasteiger partial charge in [-0.25, -0.2) is 0 Å². The van der Waals surface area contributed by atoms with Crippen molar-refractivity contribution in [1.29, 1.82) is 0 Å². The lowest BCUT2D eigenvalue weighted by molar-refractivity contribution is 0.0579. The topological polar surface area (TPSA) is 59.6 Å². The number of aliphatic imine (C=N–C) groups is 1. The summed E-state index contributed by atoms with van der Waals surface area (Å²) in [6.45, 7) is 1.51. The highest BCUT2D eigenvalue weighted by atomic mass is 127. The lowest BCUT2D eigenvalue weighted by atomic mass is 10.1. The van der Waals surface area contributed by atoms with Gasteiger partial charge in [-0.15, -0.1) is 24.0 Å². The average molecular weight is 429 g/mol. The molecule has 1 fully saturated rings. The summed E-state index contributed by atoms with van der Waals surface area (Å²) in [5.41, 5.74) is 9.92. The van der Waals surface area contributed by atoms with Gasteiger partial charge in [-0.2, -0.15) is 0 Å². The Hall–Kier alpha value is -0.820. The molecular weight excluding hydrogens is 401 g/mol. The van der Waals surface area contributed by atoms with Crippen LogP contribution in [0.3, 0.4) is 0 Å². The lowest BCUT2D eigenvalue weighted by Gasteiger charge is -2.10. The molecule has 0 saturated heterocycles. The fraction of sp³-hybridized carbons (Fsp3) is 0.611. The third kappa shape index (κ3) is 5.64. The Morgan fingerprint density at radius 2 is 1.96 bits per heavy atom. The molecule has 0 heterocycles. The summed E-state index contributed by atoms with van der Waals surface area (Å²) in [5.74, 6) is 0.499. The first-order valence-corrected chi connectivity index (χ1v) is 8.61. The zero-order valence-electron chi connectivity index (χ0n) is 13.7. The van der Waals surface area contributed by atoms with Gasteiger partial charge in [0.15, 0.2) is 5.96 Å². The smallest absolute Gasteiger partial charge is 0.193 e. The molecule has 0 spiro atoms. The SMILES string of the molecule is I.NC(=NCCCOC1CCCC1)Nc1ccc2c(c1)CCC2. The zero-order valence-corrected chi connectivity index (χ0v) is 16.1. The normalized spacial score (nSPS) is 17.8. The summed E-state index contributed by atoms with van der Waals surface area (Å²) < 4.78 is 5.82. The van der Waals surface area contributed by atoms with Gasteiger partial charge in [0.1, 0.15) is 0 Å². The van der Waals surface area contributed by atoms with Crippen LogP contribution in [-0.4, -0.2) is 25.2 Å². The van der Waals surface area contributed by atoms with Gasteiger partial charge in [-0.05, 0) is 61.8 Å². The van der Waals surface area contributed by atoms with Gasteiger partial charge in [0, 0.05) is 18.8 Å². The van der Waals surface area contributed by atoms with Crippen molar-refractivity contribution in [2.45, 2.75) is 57.5 Å². The lowest BCUT2D eigenvalue weighted by Crippen LogP contribution is -2.23. The number of nitrogens with two attached hydrogens (primary N) is 1. The van der Waals surface area contributed by atoms with E-state index in [1.54, 1.807) is 0 Å². The van der Waals surface area contributed by atoms with Crippen molar-refractivity contribution in [1.82, 2.24) is 0 Å². The summed E-state index contributed by atoms with van der Waals surface area (Å²) in [6, 6.07) is 6.50. The Balaban J connectivity index is 0.00000192. The van der Waals surface area contributed by atoms with Crippen molar-refractivity contribution < 1.29 is 4.74 Å². The minimum Gasteiger partial charge on any atom is -0.378 e. The Morgan fingerprint density at radius 1 is 1.17 bits per heavy atom. The number of ether oxygens (including phenoxy) is 1. The average Bonchev–Trinajstić information content (AvgIpc) is 3.17. The Bertz CT molecular complexity index is 527. The minimum atomic E-state index is 0. The molecule has 0 amide bonds. The van der Waals surface area contributed by atoms with Crippen molar-refractivity contribution >= 4 is 35.6 Å². The molecule has 2 aliphatic rings. The van der Waals surface area contributed by atoms with E-state index in [0.717, 1.165) is 25.3 Å². The maximum absolute atomic E-state index is 5.95. The van der Waals surface area contributed by atoms with Gasteiger partial charge < -0.3 is 15.8 Å². The molecule has 1 aromatic rings. The molecule has 1 saturated carbocycles. The molecule has 0 unspecified atom stereocenters. The predicted octanol–water partition coefficient (Wildman–Crippen LogP) is 3.87. The number of guanidine groups is 1. The number of rotatable bonds is 6. The molecule has 4 nitrogen and oxygen atoms in total. The van der Waals surface area contributed by atoms with Crippen LogP contribution in [0.15, 0.2) is 23.2 Å². The second-order valence-corrected chi connectivity index (χ2v) is 6.36. The highest BCUT2D eigenvalue weighted by Gasteiger charge is 2.14. The molecule has 128 valence electrons. The van der Waals surface area contributed by atoms with Gasteiger partial charge in [0.05, 0.1) is 6.10 Å². The fourth-order valence-corrected chi connectivity index (χ4v) is 3.41. The number of nitrogens with zero attached hydrogens (tertiary/aromatic N) is 1. The molecule has 5 heteroatoms. The van der Waals surface area contributed by atoms with Gasteiger partial charge in [-0.1, -0.05) is 18.9 Å². The van der Waals surface area contributed by atoms with E-state index < -0.39 is 0 Å². The molecular formula is C18H28IN3O. The number of halogens is 1. The van der Waals surface area contributed by atoms with Gasteiger partial charge in [-0.3, -0.25) is 4.99 Å². The maximum Gasteiger partial charge on any atom is 0.193 e. The molecule has 0 bridgehead atoms. The maximum atomic E-state index is 5.95. The summed E-state index contributed by atoms with van der Waals surface area (Å²) in [6.07, 6.45) is 10.2. The summed E-state index contributed by atoms with van der Waals surface area (Å²) in [7, 11) is 0. The largest absolute Gasteiger partial charge is 0.378 e. The second-order valence-electron chi connectivity index (χ2n) is 6.36. The van der Waals surface area contributed by atoms with Crippen molar-refractivity contribution in [3.05, 3.63) is 29.3 Å². The van der Waals surface area contributed by atoms with E-state index >= 15 is 0 Å². The second kappa shape index (κ2) is 9.47. The van der Waals surface area contributed by atoms with E-state index in [4.69, 9.17) is 10.5 Å². The summed E-state index contributed by atoms with van der Waals surface area (Å²) >= 11 is 0. The predicted molar refractivity (Wildman–Crippen MR) is 107 cm³/mol. The van der Waals surface area contributed by atoms with Gasteiger partial charge in [0.25, 0.3) is 0 Å². The molecule has 3 N–H and O–H groups in total. The summed E-state index contributed by atoms with van der Waals surface area (Å²) in [4.78, 5) is 4.38. The van der Waals surface area contributed by atoms with Crippen LogP contribution < -0.4 is 11.1 Å². The highest BCUT2D eigenvalue weighted by Crippen LogP contribution is 2.24. The third-order valence-corrected chi connectivity index (χ3v) is 4.61. The standard InChI is InChI=1S/C18H27N3O.HI/c19-18(20-11-4-12-22-17-7-1-2-8-17)21-16-10-9-14-5-3-6-15(14)13-16;/h9-10,13,17H,1-8,11-12H2,(H3,19,20,21);1H. The van der Waals surface area contributed by atoms with Crippen LogP contribution in [-0.2, 0) is 17.6 Å². The molecule has 1 aromatic carbocycles. The molecule has 23 heavy (non-hydrogen) atoms. The quantitative estimate of drug-likeness (QED) is 0.313. The molecule has 0 aliphatic heterocycles. The molecule has 2 aliphatic carbocycles. The Kier molecular flexibility index (Phi) is 7.62. The molecule has 0 aromatic heterocycles. The van der Waals surface area contributed by atoms with Crippen LogP contribution >= 0.6 is 24.0 Å². The monoisotopic (exact) mass is 429 g/mol. The molecule has 0 atom stereocenters. The van der Waals surface area contributed by atoms with Crippen LogP contribution in [0.1, 0.15) is 49.7 Å².